The summed E-state index contributed by atoms with van der Waals surface area (Å²) >= 11 is 3.44. The van der Waals surface area contributed by atoms with Gasteiger partial charge in [0, 0.05) is 16.4 Å². The van der Waals surface area contributed by atoms with E-state index < -0.39 is 0 Å². The molecule has 2 aromatic rings. The highest BCUT2D eigenvalue weighted by atomic mass is 79.9. The Morgan fingerprint density at radius 3 is 3.07 bits per heavy atom. The highest BCUT2D eigenvalue weighted by Crippen LogP contribution is 2.19. The largest absolute Gasteiger partial charge is 0.330 e. The third kappa shape index (κ3) is 1.81. The summed E-state index contributed by atoms with van der Waals surface area (Å²) in [5, 5.41) is 5.48. The van der Waals surface area contributed by atoms with E-state index in [1.54, 1.807) is 0 Å². The van der Waals surface area contributed by atoms with Gasteiger partial charge in [0.25, 0.3) is 0 Å². The van der Waals surface area contributed by atoms with Crippen LogP contribution in [-0.4, -0.2) is 16.3 Å². The molecule has 0 fully saturated rings. The second-order valence-corrected chi connectivity index (χ2v) is 4.13. The minimum Gasteiger partial charge on any atom is -0.330 e. The Morgan fingerprint density at radius 2 is 2.29 bits per heavy atom. The summed E-state index contributed by atoms with van der Waals surface area (Å²) in [6.07, 6.45) is 2.85. The molecule has 0 amide bonds. The summed E-state index contributed by atoms with van der Waals surface area (Å²) < 4.78 is 3.08. The number of fused-ring (bicyclic) bond motifs is 1. The predicted molar refractivity (Wildman–Crippen MR) is 61.1 cm³/mol. The van der Waals surface area contributed by atoms with E-state index in [1.807, 2.05) is 16.9 Å². The van der Waals surface area contributed by atoms with Gasteiger partial charge in [0.2, 0.25) is 0 Å². The lowest BCUT2D eigenvalue weighted by Gasteiger charge is -2.01. The minimum absolute atomic E-state index is 0.706. The zero-order valence-corrected chi connectivity index (χ0v) is 9.37. The average molecular weight is 254 g/mol. The maximum atomic E-state index is 5.46. The molecule has 1 heterocycles. The van der Waals surface area contributed by atoms with Gasteiger partial charge in [0.1, 0.15) is 0 Å². The van der Waals surface area contributed by atoms with E-state index >= 15 is 0 Å². The van der Waals surface area contributed by atoms with E-state index in [9.17, 15) is 0 Å². The van der Waals surface area contributed by atoms with Gasteiger partial charge in [-0.15, -0.1) is 0 Å². The quantitative estimate of drug-likeness (QED) is 0.911. The van der Waals surface area contributed by atoms with Crippen LogP contribution in [0.1, 0.15) is 6.42 Å². The molecule has 0 radical (unpaired) electrons. The van der Waals surface area contributed by atoms with Crippen molar-refractivity contribution >= 4 is 26.8 Å². The number of aryl methyl sites for hydroxylation is 1. The predicted octanol–water partition coefficient (Wildman–Crippen LogP) is 2.15. The Kier molecular flexibility index (Phi) is 2.84. The first kappa shape index (κ1) is 9.68. The molecular formula is C10H12BrN3. The van der Waals surface area contributed by atoms with Gasteiger partial charge in [-0.2, -0.15) is 5.10 Å². The molecule has 14 heavy (non-hydrogen) atoms. The molecule has 0 atom stereocenters. The second kappa shape index (κ2) is 4.11. The number of halogens is 1. The monoisotopic (exact) mass is 253 g/mol. The Morgan fingerprint density at radius 1 is 1.43 bits per heavy atom. The van der Waals surface area contributed by atoms with Gasteiger partial charge >= 0.3 is 0 Å². The van der Waals surface area contributed by atoms with Crippen LogP contribution in [0.5, 0.6) is 0 Å². The first-order valence-electron chi connectivity index (χ1n) is 4.62. The number of hydrogen-bond donors (Lipinski definition) is 1. The molecule has 0 unspecified atom stereocenters. The summed E-state index contributed by atoms with van der Waals surface area (Å²) in [6, 6.07) is 6.17. The van der Waals surface area contributed by atoms with Crippen molar-refractivity contribution in [2.45, 2.75) is 13.0 Å². The number of nitrogens with zero attached hydrogens (tertiary/aromatic N) is 2. The van der Waals surface area contributed by atoms with Crippen molar-refractivity contribution in [2.75, 3.05) is 6.54 Å². The van der Waals surface area contributed by atoms with Crippen molar-refractivity contribution in [3.05, 3.63) is 28.9 Å². The fourth-order valence-corrected chi connectivity index (χ4v) is 1.86. The zero-order chi connectivity index (χ0) is 9.97. The smallest absolute Gasteiger partial charge is 0.0683 e. The summed E-state index contributed by atoms with van der Waals surface area (Å²) in [4.78, 5) is 0. The molecule has 1 aromatic heterocycles. The van der Waals surface area contributed by atoms with Crippen LogP contribution in [0.25, 0.3) is 10.9 Å². The lowest BCUT2D eigenvalue weighted by molar-refractivity contribution is 0.602. The SMILES string of the molecule is NCCCn1ncc2cc(Br)ccc21. The van der Waals surface area contributed by atoms with E-state index in [2.05, 4.69) is 33.2 Å². The van der Waals surface area contributed by atoms with Crippen LogP contribution in [0.4, 0.5) is 0 Å². The van der Waals surface area contributed by atoms with Crippen LogP contribution in [0, 0.1) is 0 Å². The molecule has 3 nitrogen and oxygen atoms in total. The number of benzene rings is 1. The molecule has 0 bridgehead atoms. The van der Waals surface area contributed by atoms with Crippen molar-refractivity contribution in [3.8, 4) is 0 Å². The van der Waals surface area contributed by atoms with Crippen molar-refractivity contribution < 1.29 is 0 Å². The highest BCUT2D eigenvalue weighted by molar-refractivity contribution is 9.10. The van der Waals surface area contributed by atoms with Gasteiger partial charge in [-0.25, -0.2) is 0 Å². The number of aromatic nitrogens is 2. The fraction of sp³-hybridized carbons (Fsp3) is 0.300. The lowest BCUT2D eigenvalue weighted by atomic mass is 10.2. The minimum atomic E-state index is 0.706. The first-order valence-corrected chi connectivity index (χ1v) is 5.41. The maximum absolute atomic E-state index is 5.46. The van der Waals surface area contributed by atoms with Crippen LogP contribution in [0.2, 0.25) is 0 Å². The van der Waals surface area contributed by atoms with Crippen LogP contribution < -0.4 is 5.73 Å². The first-order chi connectivity index (χ1) is 6.81. The second-order valence-electron chi connectivity index (χ2n) is 3.21. The molecule has 0 aliphatic heterocycles. The van der Waals surface area contributed by atoms with Crippen molar-refractivity contribution in [1.82, 2.24) is 9.78 Å². The molecule has 2 rings (SSSR count). The summed E-state index contributed by atoms with van der Waals surface area (Å²) in [5.41, 5.74) is 6.63. The van der Waals surface area contributed by atoms with Gasteiger partial charge in [0.05, 0.1) is 11.7 Å². The normalized spacial score (nSPS) is 11.0. The summed E-state index contributed by atoms with van der Waals surface area (Å²) in [6.45, 7) is 1.60. The van der Waals surface area contributed by atoms with E-state index in [0.29, 0.717) is 6.54 Å². The van der Waals surface area contributed by atoms with Crippen molar-refractivity contribution in [1.29, 1.82) is 0 Å². The Labute approximate surface area is 91.0 Å². The Hall–Kier alpha value is -0.870. The van der Waals surface area contributed by atoms with Gasteiger partial charge in [-0.05, 0) is 31.2 Å². The molecule has 74 valence electrons. The van der Waals surface area contributed by atoms with E-state index in [0.717, 1.165) is 22.8 Å². The molecule has 0 aliphatic carbocycles. The average Bonchev–Trinajstić information content (AvgIpc) is 2.57. The lowest BCUT2D eigenvalue weighted by Crippen LogP contribution is -2.06. The molecule has 0 aliphatic rings. The standard InChI is InChI=1S/C10H12BrN3/c11-9-2-3-10-8(6-9)7-13-14(10)5-1-4-12/h2-3,6-7H,1,4-5,12H2. The number of hydrogen-bond acceptors (Lipinski definition) is 2. The van der Waals surface area contributed by atoms with Gasteiger partial charge in [-0.1, -0.05) is 15.9 Å². The van der Waals surface area contributed by atoms with E-state index in [1.165, 1.54) is 5.52 Å². The van der Waals surface area contributed by atoms with Crippen molar-refractivity contribution in [2.24, 2.45) is 5.73 Å². The molecule has 0 saturated heterocycles. The third-order valence-corrected chi connectivity index (χ3v) is 2.67. The molecule has 0 saturated carbocycles. The molecular weight excluding hydrogens is 242 g/mol. The molecule has 0 spiro atoms. The van der Waals surface area contributed by atoms with E-state index in [-0.39, 0.29) is 0 Å². The van der Waals surface area contributed by atoms with E-state index in [4.69, 9.17) is 5.73 Å². The topological polar surface area (TPSA) is 43.8 Å². The van der Waals surface area contributed by atoms with Crippen LogP contribution >= 0.6 is 15.9 Å². The van der Waals surface area contributed by atoms with Gasteiger partial charge in [0.15, 0.2) is 0 Å². The summed E-state index contributed by atoms with van der Waals surface area (Å²) in [7, 11) is 0. The zero-order valence-electron chi connectivity index (χ0n) is 7.78. The Bertz CT molecular complexity index is 436. The van der Waals surface area contributed by atoms with Gasteiger partial charge in [-0.3, -0.25) is 4.68 Å². The van der Waals surface area contributed by atoms with Gasteiger partial charge < -0.3 is 5.73 Å². The number of nitrogens with two attached hydrogens (primary N) is 1. The van der Waals surface area contributed by atoms with Crippen LogP contribution in [-0.2, 0) is 6.54 Å². The Balaban J connectivity index is 2.37. The highest BCUT2D eigenvalue weighted by Gasteiger charge is 2.01. The summed E-state index contributed by atoms with van der Waals surface area (Å²) in [5.74, 6) is 0. The fourth-order valence-electron chi connectivity index (χ4n) is 1.48. The van der Waals surface area contributed by atoms with Crippen LogP contribution in [0.3, 0.4) is 0 Å². The maximum Gasteiger partial charge on any atom is 0.0683 e. The third-order valence-electron chi connectivity index (χ3n) is 2.18. The number of rotatable bonds is 3. The molecule has 4 heteroatoms. The molecule has 1 aromatic carbocycles. The van der Waals surface area contributed by atoms with Crippen molar-refractivity contribution in [3.63, 3.8) is 0 Å². The molecule has 2 N–H and O–H groups in total. The van der Waals surface area contributed by atoms with Crippen LogP contribution in [0.15, 0.2) is 28.9 Å².